The van der Waals surface area contributed by atoms with E-state index in [0.717, 1.165) is 4.90 Å². The zero-order chi connectivity index (χ0) is 24.2. The van der Waals surface area contributed by atoms with E-state index in [1.54, 1.807) is 65.0 Å². The highest BCUT2D eigenvalue weighted by Crippen LogP contribution is 2.28. The van der Waals surface area contributed by atoms with Gasteiger partial charge in [-0.05, 0) is 58.7 Å². The lowest BCUT2D eigenvalue weighted by molar-refractivity contribution is -0.385. The first kappa shape index (κ1) is 24.5. The second-order valence-corrected chi connectivity index (χ2v) is 8.36. The smallest absolute Gasteiger partial charge is 0.408 e. The van der Waals surface area contributed by atoms with Crippen molar-refractivity contribution in [2.24, 2.45) is 0 Å². The molecule has 2 aromatic rings. The van der Waals surface area contributed by atoms with E-state index in [-0.39, 0.29) is 11.3 Å². The van der Waals surface area contributed by atoms with Gasteiger partial charge in [-0.25, -0.2) is 9.69 Å². The Morgan fingerprint density at radius 3 is 2.19 bits per heavy atom. The number of anilines is 1. The normalized spacial score (nSPS) is 11.9. The Morgan fingerprint density at radius 2 is 1.62 bits per heavy atom. The predicted molar refractivity (Wildman–Crippen MR) is 120 cm³/mol. The lowest BCUT2D eigenvalue weighted by Gasteiger charge is -2.27. The number of benzene rings is 2. The number of aryl methyl sites for hydroxylation is 2. The third kappa shape index (κ3) is 5.69. The van der Waals surface area contributed by atoms with Gasteiger partial charge >= 0.3 is 6.09 Å². The van der Waals surface area contributed by atoms with Gasteiger partial charge in [0.25, 0.3) is 17.5 Å². The number of para-hydroxylation sites is 1. The van der Waals surface area contributed by atoms with Gasteiger partial charge in [0.2, 0.25) is 0 Å². The number of nitrogens with one attached hydrogen (secondary N) is 1. The van der Waals surface area contributed by atoms with Crippen molar-refractivity contribution in [2.75, 3.05) is 4.90 Å². The van der Waals surface area contributed by atoms with Crippen LogP contribution < -0.4 is 10.2 Å². The fraction of sp³-hybridized carbons (Fsp3) is 0.348. The first-order chi connectivity index (χ1) is 14.8. The van der Waals surface area contributed by atoms with E-state index in [1.165, 1.54) is 19.1 Å². The minimum Gasteiger partial charge on any atom is -0.444 e. The average molecular weight is 441 g/mol. The maximum atomic E-state index is 13.6. The van der Waals surface area contributed by atoms with E-state index in [9.17, 15) is 24.5 Å². The molecule has 0 heterocycles. The fourth-order valence-electron chi connectivity index (χ4n) is 3.08. The van der Waals surface area contributed by atoms with Crippen LogP contribution in [0, 0.1) is 24.0 Å². The van der Waals surface area contributed by atoms with Crippen LogP contribution in [0.4, 0.5) is 16.2 Å². The SMILES string of the molecule is Cc1ccccc1N(C(=O)c1c(C)cccc1[N+](=O)[O-])C(=O)[C@H](C)NC(=O)OC(C)(C)C. The lowest BCUT2D eigenvalue weighted by atomic mass is 10.0. The number of carbonyl (C=O) groups excluding carboxylic acids is 3. The fourth-order valence-corrected chi connectivity index (χ4v) is 3.08. The Morgan fingerprint density at radius 1 is 1.03 bits per heavy atom. The first-order valence-corrected chi connectivity index (χ1v) is 10.0. The third-order valence-electron chi connectivity index (χ3n) is 4.54. The summed E-state index contributed by atoms with van der Waals surface area (Å²) in [6.07, 6.45) is -0.822. The maximum Gasteiger partial charge on any atom is 0.408 e. The summed E-state index contributed by atoms with van der Waals surface area (Å²) < 4.78 is 5.19. The molecule has 0 unspecified atom stereocenters. The quantitative estimate of drug-likeness (QED) is 0.546. The zero-order valence-corrected chi connectivity index (χ0v) is 19.0. The van der Waals surface area contributed by atoms with Crippen LogP contribution in [0.25, 0.3) is 0 Å². The lowest BCUT2D eigenvalue weighted by Crippen LogP contribution is -2.50. The molecule has 0 fully saturated rings. The Kier molecular flexibility index (Phi) is 7.35. The predicted octanol–water partition coefficient (Wildman–Crippen LogP) is 4.30. The minimum absolute atomic E-state index is 0.196. The van der Waals surface area contributed by atoms with Gasteiger partial charge in [0.1, 0.15) is 17.2 Å². The molecular formula is C23H27N3O6. The van der Waals surface area contributed by atoms with Crippen LogP contribution in [0.2, 0.25) is 0 Å². The molecule has 170 valence electrons. The summed E-state index contributed by atoms with van der Waals surface area (Å²) in [4.78, 5) is 50.9. The van der Waals surface area contributed by atoms with Crippen LogP contribution >= 0.6 is 0 Å². The topological polar surface area (TPSA) is 119 Å². The second-order valence-electron chi connectivity index (χ2n) is 8.36. The molecule has 1 N–H and O–H groups in total. The summed E-state index contributed by atoms with van der Waals surface area (Å²) in [6, 6.07) is 9.76. The number of nitro benzene ring substituents is 1. The summed E-state index contributed by atoms with van der Waals surface area (Å²) in [6.45, 7) is 9.72. The van der Waals surface area contributed by atoms with Crippen molar-refractivity contribution < 1.29 is 24.0 Å². The van der Waals surface area contributed by atoms with Crippen molar-refractivity contribution >= 4 is 29.3 Å². The first-order valence-electron chi connectivity index (χ1n) is 10.0. The molecular weight excluding hydrogens is 414 g/mol. The van der Waals surface area contributed by atoms with E-state index >= 15 is 0 Å². The number of imide groups is 1. The highest BCUT2D eigenvalue weighted by molar-refractivity contribution is 6.24. The Labute approximate surface area is 186 Å². The summed E-state index contributed by atoms with van der Waals surface area (Å²) >= 11 is 0. The zero-order valence-electron chi connectivity index (χ0n) is 19.0. The van der Waals surface area contributed by atoms with Gasteiger partial charge in [-0.15, -0.1) is 0 Å². The molecule has 0 aliphatic carbocycles. The van der Waals surface area contributed by atoms with Crippen LogP contribution in [-0.4, -0.2) is 34.5 Å². The molecule has 0 spiro atoms. The highest BCUT2D eigenvalue weighted by Gasteiger charge is 2.35. The van der Waals surface area contributed by atoms with Crippen molar-refractivity contribution in [3.8, 4) is 0 Å². The number of ether oxygens (including phenoxy) is 1. The van der Waals surface area contributed by atoms with E-state index in [2.05, 4.69) is 5.32 Å². The number of rotatable bonds is 5. The van der Waals surface area contributed by atoms with Crippen molar-refractivity contribution in [3.63, 3.8) is 0 Å². The number of nitrogens with zero attached hydrogens (tertiary/aromatic N) is 2. The van der Waals surface area contributed by atoms with Gasteiger partial charge in [-0.3, -0.25) is 19.7 Å². The molecule has 0 saturated carbocycles. The summed E-state index contributed by atoms with van der Waals surface area (Å²) in [5.74, 6) is -1.61. The van der Waals surface area contributed by atoms with Crippen LogP contribution in [0.3, 0.4) is 0 Å². The summed E-state index contributed by atoms with van der Waals surface area (Å²) in [5.41, 5.74) is -0.163. The molecule has 2 aromatic carbocycles. The van der Waals surface area contributed by atoms with Crippen LogP contribution in [-0.2, 0) is 9.53 Å². The van der Waals surface area contributed by atoms with Crippen molar-refractivity contribution in [3.05, 3.63) is 69.3 Å². The molecule has 0 bridgehead atoms. The van der Waals surface area contributed by atoms with E-state index in [0.29, 0.717) is 11.1 Å². The van der Waals surface area contributed by atoms with Crippen molar-refractivity contribution in [1.29, 1.82) is 0 Å². The van der Waals surface area contributed by atoms with Gasteiger partial charge in [-0.1, -0.05) is 30.3 Å². The third-order valence-corrected chi connectivity index (χ3v) is 4.54. The Hall–Kier alpha value is -3.75. The van der Waals surface area contributed by atoms with Crippen LogP contribution in [0.1, 0.15) is 49.2 Å². The molecule has 1 atom stereocenters. The molecule has 0 aliphatic rings. The van der Waals surface area contributed by atoms with Crippen LogP contribution in [0.15, 0.2) is 42.5 Å². The van der Waals surface area contributed by atoms with Gasteiger partial charge < -0.3 is 10.1 Å². The van der Waals surface area contributed by atoms with E-state index < -0.39 is 40.2 Å². The number of alkyl carbamates (subject to hydrolysis) is 1. The Balaban J connectivity index is 2.53. The molecule has 0 saturated heterocycles. The molecule has 9 heteroatoms. The van der Waals surface area contributed by atoms with Crippen molar-refractivity contribution in [2.45, 2.75) is 53.2 Å². The van der Waals surface area contributed by atoms with E-state index in [1.807, 2.05) is 0 Å². The van der Waals surface area contributed by atoms with Gasteiger partial charge in [-0.2, -0.15) is 0 Å². The van der Waals surface area contributed by atoms with Gasteiger partial charge in [0, 0.05) is 6.07 Å². The number of amides is 3. The highest BCUT2D eigenvalue weighted by atomic mass is 16.6. The molecule has 0 aliphatic heterocycles. The summed E-state index contributed by atoms with van der Waals surface area (Å²) in [5, 5.41) is 14.0. The minimum atomic E-state index is -1.14. The summed E-state index contributed by atoms with van der Waals surface area (Å²) in [7, 11) is 0. The number of carbonyl (C=O) groups is 3. The Bertz CT molecular complexity index is 1060. The number of nitro groups is 1. The maximum absolute atomic E-state index is 13.6. The average Bonchev–Trinajstić information content (AvgIpc) is 2.67. The molecule has 2 rings (SSSR count). The molecule has 0 radical (unpaired) electrons. The molecule has 32 heavy (non-hydrogen) atoms. The van der Waals surface area contributed by atoms with Gasteiger partial charge in [0.05, 0.1) is 10.6 Å². The molecule has 3 amide bonds. The monoisotopic (exact) mass is 441 g/mol. The van der Waals surface area contributed by atoms with Crippen LogP contribution in [0.5, 0.6) is 0 Å². The standard InChI is InChI=1S/C23H27N3O6/c1-14-10-7-8-12-17(14)25(20(27)16(3)24-22(29)32-23(4,5)6)21(28)19-15(2)11-9-13-18(19)26(30)31/h7-13,16H,1-6H3,(H,24,29)/t16-/m0/s1. The number of hydrogen-bond acceptors (Lipinski definition) is 6. The molecule has 9 nitrogen and oxygen atoms in total. The second kappa shape index (κ2) is 9.59. The molecule has 0 aromatic heterocycles. The van der Waals surface area contributed by atoms with E-state index in [4.69, 9.17) is 4.74 Å². The van der Waals surface area contributed by atoms with Gasteiger partial charge in [0.15, 0.2) is 0 Å². The number of hydrogen-bond donors (Lipinski definition) is 1. The largest absolute Gasteiger partial charge is 0.444 e. The van der Waals surface area contributed by atoms with Crippen molar-refractivity contribution in [1.82, 2.24) is 5.32 Å².